The van der Waals surface area contributed by atoms with E-state index in [0.29, 0.717) is 0 Å². The molecule has 0 unspecified atom stereocenters. The van der Waals surface area contributed by atoms with E-state index in [1.807, 2.05) is 95.6 Å². The lowest BCUT2D eigenvalue weighted by atomic mass is 9.60. The van der Waals surface area contributed by atoms with Gasteiger partial charge < -0.3 is 10.2 Å². The molecule has 2 heterocycles. The van der Waals surface area contributed by atoms with Gasteiger partial charge in [-0.3, -0.25) is 9.56 Å². The number of fused-ring (bicyclic) bond motifs is 6. The largest absolute Gasteiger partial charge is 0.456 e. The molecule has 2 N–H and O–H groups in total. The molecule has 0 atom stereocenters. The maximum absolute atomic E-state index is 6.83. The number of nitrogens with two attached hydrogens (primary N) is 1. The van der Waals surface area contributed by atoms with E-state index < -0.39 is 0 Å². The normalized spacial score (nSPS) is 12.5. The Hall–Kier alpha value is -5.62. The minimum atomic E-state index is 0.0970. The fourth-order valence-electron chi connectivity index (χ4n) is 6.59. The topological polar surface area (TPSA) is 68.8 Å². The van der Waals surface area contributed by atoms with E-state index in [1.165, 1.54) is 0 Å². The van der Waals surface area contributed by atoms with Crippen LogP contribution in [0.2, 0.25) is 0 Å². The highest BCUT2D eigenvalue weighted by Crippen LogP contribution is 2.37. The maximum Gasteiger partial charge on any atom is 0.207 e. The highest BCUT2D eigenvalue weighted by atomic mass is 16.3. The van der Waals surface area contributed by atoms with E-state index >= 15 is 0 Å². The van der Waals surface area contributed by atoms with Gasteiger partial charge in [-0.2, -0.15) is 4.99 Å². The van der Waals surface area contributed by atoms with E-state index in [9.17, 15) is 0 Å². The highest BCUT2D eigenvalue weighted by Gasteiger charge is 2.19. The van der Waals surface area contributed by atoms with Gasteiger partial charge in [-0.15, -0.1) is 16.4 Å². The van der Waals surface area contributed by atoms with Crippen LogP contribution < -0.4 is 33.0 Å². The van der Waals surface area contributed by atoms with Crippen LogP contribution in [-0.2, 0) is 6.54 Å². The van der Waals surface area contributed by atoms with Crippen molar-refractivity contribution in [3.8, 4) is 11.1 Å². The number of rotatable bonds is 4. The second-order valence-electron chi connectivity index (χ2n) is 11.9. The minimum absolute atomic E-state index is 0.0970. The summed E-state index contributed by atoms with van der Waals surface area (Å²) in [7, 11) is 31.8. The molecule has 0 fully saturated rings. The molecule has 2 aromatic heterocycles. The van der Waals surface area contributed by atoms with Gasteiger partial charge in [0.25, 0.3) is 0 Å². The number of aromatic nitrogens is 1. The number of nitrogens with zero attached hydrogens (tertiary/aromatic N) is 3. The zero-order valence-electron chi connectivity index (χ0n) is 26.4. The maximum atomic E-state index is 6.83. The summed E-state index contributed by atoms with van der Waals surface area (Å²) in [5.41, 5.74) is 14.0. The van der Waals surface area contributed by atoms with Gasteiger partial charge in [0.05, 0.1) is 17.6 Å². The molecule has 8 aromatic rings. The molecule has 0 aliphatic carbocycles. The molecule has 6 aromatic carbocycles. The first-order chi connectivity index (χ1) is 23.8. The Labute approximate surface area is 290 Å². The van der Waals surface area contributed by atoms with Crippen LogP contribution in [0.25, 0.3) is 54.9 Å². The predicted octanol–water partition coefficient (Wildman–Crippen LogP) is 3.14. The zero-order valence-corrected chi connectivity index (χ0v) is 26.4. The van der Waals surface area contributed by atoms with Crippen LogP contribution in [0.3, 0.4) is 0 Å². The predicted molar refractivity (Wildman–Crippen MR) is 209 cm³/mol. The molecule has 220 valence electrons. The van der Waals surface area contributed by atoms with Gasteiger partial charge in [-0.25, -0.2) is 0 Å². The number of benzene rings is 6. The summed E-state index contributed by atoms with van der Waals surface area (Å²) < 4.78 is 8.13. The molecule has 0 amide bonds. The van der Waals surface area contributed by atoms with Crippen molar-refractivity contribution in [2.75, 3.05) is 0 Å². The van der Waals surface area contributed by atoms with Crippen molar-refractivity contribution in [3.05, 3.63) is 126 Å². The second-order valence-corrected chi connectivity index (χ2v) is 11.9. The molecule has 10 radical (unpaired) electrons. The molecule has 49 heavy (non-hydrogen) atoms. The Kier molecular flexibility index (Phi) is 7.60. The van der Waals surface area contributed by atoms with Crippen molar-refractivity contribution in [2.45, 2.75) is 6.54 Å². The third-order valence-electron chi connectivity index (χ3n) is 9.01. The standard InChI is InChI=1S/C39H23B5N4O/c40-33-32(34(41)36(43)37(44)35(33)42)38(47-39(45)48-27-14-6-4-11-24(27)25-12-5-7-15-28(25)48)46-20-21-17-18-29-26(19-21)31-23(13-8-16-30(31)49-29)22-9-2-1-3-10-22/h1-19H,20H2,(H2,45,46,47). The van der Waals surface area contributed by atoms with Crippen molar-refractivity contribution in [2.24, 2.45) is 15.7 Å². The van der Waals surface area contributed by atoms with Crippen LogP contribution in [-0.4, -0.2) is 55.6 Å². The lowest BCUT2D eigenvalue weighted by Crippen LogP contribution is -2.57. The molecule has 5 nitrogen and oxygen atoms in total. The van der Waals surface area contributed by atoms with Gasteiger partial charge in [0.2, 0.25) is 5.96 Å². The Morgan fingerprint density at radius 3 is 1.90 bits per heavy atom. The van der Waals surface area contributed by atoms with Gasteiger partial charge in [-0.05, 0) is 47.0 Å². The molecule has 0 spiro atoms. The number of para-hydroxylation sites is 2. The summed E-state index contributed by atoms with van der Waals surface area (Å²) in [6, 6.07) is 38.3. The van der Waals surface area contributed by atoms with E-state index in [0.717, 1.165) is 60.4 Å². The molecule has 8 rings (SSSR count). The number of hydrogen-bond donors (Lipinski definition) is 1. The van der Waals surface area contributed by atoms with Crippen LogP contribution in [0.1, 0.15) is 11.1 Å². The van der Waals surface area contributed by atoms with Crippen LogP contribution in [0.5, 0.6) is 0 Å². The SMILES string of the molecule is [B]c1c([B])c([B])c(C(=NCc2ccc3oc4cccc(-c5ccccc5)c4c3c2)N=C(N)n2c3ccccc3c3ccccc32)c([B])c1[B]. The summed E-state index contributed by atoms with van der Waals surface area (Å²) in [6.45, 7) is 0.207. The fraction of sp³-hybridized carbons (Fsp3) is 0.0256. The third kappa shape index (κ3) is 5.10. The number of hydrogen-bond acceptors (Lipinski definition) is 2. The first kappa shape index (κ1) is 30.7. The molecular formula is C39H23B5N4O. The molecule has 0 saturated heterocycles. The summed E-state index contributed by atoms with van der Waals surface area (Å²) in [6.07, 6.45) is 0. The average molecular weight is 618 g/mol. The molecule has 10 heteroatoms. The van der Waals surface area contributed by atoms with Crippen LogP contribution in [0, 0.1) is 0 Å². The summed E-state index contributed by atoms with van der Waals surface area (Å²) in [5.74, 6) is 0.322. The number of amidine groups is 1. The van der Waals surface area contributed by atoms with Crippen LogP contribution >= 0.6 is 0 Å². The van der Waals surface area contributed by atoms with Gasteiger partial charge in [0, 0.05) is 27.1 Å². The summed E-state index contributed by atoms with van der Waals surface area (Å²) in [4.78, 5) is 9.82. The van der Waals surface area contributed by atoms with Gasteiger partial charge in [0.15, 0.2) is 5.84 Å². The van der Waals surface area contributed by atoms with E-state index in [1.54, 1.807) is 0 Å². The van der Waals surface area contributed by atoms with Gasteiger partial charge in [0.1, 0.15) is 50.4 Å². The monoisotopic (exact) mass is 618 g/mol. The lowest BCUT2D eigenvalue weighted by molar-refractivity contribution is 0.669. The van der Waals surface area contributed by atoms with Gasteiger partial charge >= 0.3 is 0 Å². The molecule has 0 bridgehead atoms. The van der Waals surface area contributed by atoms with Crippen molar-refractivity contribution in [1.82, 2.24) is 4.57 Å². The summed E-state index contributed by atoms with van der Waals surface area (Å²) in [5, 5.41) is 4.06. The quantitative estimate of drug-likeness (QED) is 0.187. The lowest BCUT2D eigenvalue weighted by Gasteiger charge is -2.21. The second kappa shape index (κ2) is 12.1. The van der Waals surface area contributed by atoms with Crippen molar-refractivity contribution >= 4 is 122 Å². The van der Waals surface area contributed by atoms with Crippen molar-refractivity contribution in [3.63, 3.8) is 0 Å². The smallest absolute Gasteiger partial charge is 0.207 e. The van der Waals surface area contributed by atoms with Crippen LogP contribution in [0.4, 0.5) is 0 Å². The van der Waals surface area contributed by atoms with E-state index in [4.69, 9.17) is 59.4 Å². The Morgan fingerprint density at radius 2 is 1.22 bits per heavy atom. The van der Waals surface area contributed by atoms with E-state index in [-0.39, 0.29) is 51.2 Å². The van der Waals surface area contributed by atoms with Crippen molar-refractivity contribution < 1.29 is 4.42 Å². The minimum Gasteiger partial charge on any atom is -0.456 e. The number of aliphatic imine (C=N–C) groups is 2. The molecule has 0 aliphatic rings. The first-order valence-corrected chi connectivity index (χ1v) is 15.7. The fourth-order valence-corrected chi connectivity index (χ4v) is 6.59. The first-order valence-electron chi connectivity index (χ1n) is 15.7. The molecule has 0 aliphatic heterocycles. The third-order valence-corrected chi connectivity index (χ3v) is 9.01. The van der Waals surface area contributed by atoms with E-state index in [2.05, 4.69) is 24.3 Å². The number of furan rings is 1. The van der Waals surface area contributed by atoms with Gasteiger partial charge in [-0.1, -0.05) is 95.9 Å². The van der Waals surface area contributed by atoms with Crippen molar-refractivity contribution in [1.29, 1.82) is 0 Å². The molecule has 0 saturated carbocycles. The Balaban J connectivity index is 1.30. The highest BCUT2D eigenvalue weighted by molar-refractivity contribution is 6.68. The zero-order chi connectivity index (χ0) is 33.8. The Bertz CT molecular complexity index is 2580. The molecular weight excluding hydrogens is 595 g/mol. The summed E-state index contributed by atoms with van der Waals surface area (Å²) >= 11 is 0. The van der Waals surface area contributed by atoms with Crippen LogP contribution in [0.15, 0.2) is 130 Å². The average Bonchev–Trinajstić information content (AvgIpc) is 3.68. The Morgan fingerprint density at radius 1 is 0.612 bits per heavy atom.